The van der Waals surface area contributed by atoms with Gasteiger partial charge in [-0.05, 0) is 78.9 Å². The Bertz CT molecular complexity index is 995. The second-order valence-electron chi connectivity index (χ2n) is 11.6. The molecule has 38 heavy (non-hydrogen) atoms. The van der Waals surface area contributed by atoms with Crippen LogP contribution in [0.5, 0.6) is 0 Å². The minimum atomic E-state index is -1.10. The van der Waals surface area contributed by atoms with Gasteiger partial charge in [0, 0.05) is 18.5 Å². The van der Waals surface area contributed by atoms with Crippen LogP contribution in [0.1, 0.15) is 102 Å². The summed E-state index contributed by atoms with van der Waals surface area (Å²) in [4.78, 5) is 53.8. The van der Waals surface area contributed by atoms with E-state index in [1.54, 1.807) is 20.8 Å². The van der Waals surface area contributed by atoms with Gasteiger partial charge in [-0.3, -0.25) is 14.4 Å². The van der Waals surface area contributed by atoms with Gasteiger partial charge in [0.05, 0.1) is 0 Å². The molecule has 1 aromatic carbocycles. The van der Waals surface area contributed by atoms with Gasteiger partial charge in [-0.1, -0.05) is 43.0 Å². The average molecular weight is 531 g/mol. The summed E-state index contributed by atoms with van der Waals surface area (Å²) in [7, 11) is 0. The quantitative estimate of drug-likeness (QED) is 0.417. The van der Waals surface area contributed by atoms with Crippen LogP contribution in [0.3, 0.4) is 0 Å². The topological polar surface area (TPSA) is 131 Å². The summed E-state index contributed by atoms with van der Waals surface area (Å²) in [6.07, 6.45) is 4.17. The summed E-state index contributed by atoms with van der Waals surface area (Å²) in [6.45, 7) is 12.7. The van der Waals surface area contributed by atoms with Gasteiger partial charge in [0.2, 0.25) is 17.7 Å². The Morgan fingerprint density at radius 3 is 2.26 bits per heavy atom. The van der Waals surface area contributed by atoms with Crippen molar-refractivity contribution in [3.63, 3.8) is 0 Å². The molecule has 0 spiro atoms. The lowest BCUT2D eigenvalue weighted by molar-refractivity contribution is -0.145. The van der Waals surface area contributed by atoms with Crippen LogP contribution in [-0.4, -0.2) is 52.4 Å². The highest BCUT2D eigenvalue weighted by atomic mass is 16.6. The first-order chi connectivity index (χ1) is 17.7. The van der Waals surface area contributed by atoms with Crippen LogP contribution in [-0.2, 0) is 19.1 Å². The minimum absolute atomic E-state index is 0.0135. The third-order valence-electron chi connectivity index (χ3n) is 6.69. The molecule has 0 radical (unpaired) electrons. The molecule has 212 valence electrons. The Morgan fingerprint density at radius 2 is 1.71 bits per heavy atom. The highest BCUT2D eigenvalue weighted by Crippen LogP contribution is 2.30. The number of ether oxygens (including phenoxy) is 1. The lowest BCUT2D eigenvalue weighted by Crippen LogP contribution is -2.56. The number of carbonyl (C=O) groups excluding carboxylic acids is 4. The summed E-state index contributed by atoms with van der Waals surface area (Å²) >= 11 is 0. The molecule has 4 N–H and O–H groups in total. The minimum Gasteiger partial charge on any atom is -0.444 e. The number of nitrogens with zero attached hydrogens (tertiary/aromatic N) is 1. The molecule has 0 aliphatic heterocycles. The van der Waals surface area contributed by atoms with Crippen LogP contribution >= 0.6 is 0 Å². The number of hydrogen-bond acceptors (Lipinski definition) is 5. The average Bonchev–Trinajstić information content (AvgIpc) is 2.80. The molecular formula is C29H46N4O5. The largest absolute Gasteiger partial charge is 0.444 e. The van der Waals surface area contributed by atoms with Crippen LogP contribution in [0.2, 0.25) is 0 Å². The SMILES string of the molecule is Cc1ccc(C)c(C(C(=O)NC2CCCCC2)N(C(=O)C(CCC(N)=O)NC(=O)OC(C)(C)C)C(C)C)c1. The van der Waals surface area contributed by atoms with E-state index in [4.69, 9.17) is 10.5 Å². The Hall–Kier alpha value is -3.10. The summed E-state index contributed by atoms with van der Waals surface area (Å²) in [6, 6.07) is 3.49. The molecule has 2 unspecified atom stereocenters. The van der Waals surface area contributed by atoms with Gasteiger partial charge >= 0.3 is 6.09 Å². The number of rotatable bonds is 10. The zero-order chi connectivity index (χ0) is 28.6. The Morgan fingerprint density at radius 1 is 1.08 bits per heavy atom. The predicted octanol–water partition coefficient (Wildman–Crippen LogP) is 4.19. The molecule has 0 bridgehead atoms. The zero-order valence-electron chi connectivity index (χ0n) is 24.1. The maximum atomic E-state index is 14.1. The lowest BCUT2D eigenvalue weighted by atomic mass is 9.92. The summed E-state index contributed by atoms with van der Waals surface area (Å²) < 4.78 is 5.38. The molecule has 1 aromatic rings. The van der Waals surface area contributed by atoms with Crippen molar-refractivity contribution in [2.45, 2.75) is 123 Å². The fourth-order valence-corrected chi connectivity index (χ4v) is 4.85. The standard InChI is InChI=1S/C29H46N4O5/c1-18(2)33(27(36)23(15-16-24(30)34)32-28(37)38-29(5,6)7)25(22-17-19(3)13-14-20(22)4)26(35)31-21-11-9-8-10-12-21/h13-14,17-18,21,23,25H,8-12,15-16H2,1-7H3,(H2,30,34)(H,31,35)(H,32,37). The van der Waals surface area contributed by atoms with Crippen LogP contribution < -0.4 is 16.4 Å². The summed E-state index contributed by atoms with van der Waals surface area (Å²) in [5, 5.41) is 5.82. The molecule has 4 amide bonds. The first kappa shape index (κ1) is 31.1. The van der Waals surface area contributed by atoms with Crippen LogP contribution in [0, 0.1) is 13.8 Å². The Balaban J connectivity index is 2.50. The fraction of sp³-hybridized carbons (Fsp3) is 0.655. The van der Waals surface area contributed by atoms with Gasteiger partial charge in [0.15, 0.2) is 0 Å². The zero-order valence-corrected chi connectivity index (χ0v) is 24.1. The van der Waals surface area contributed by atoms with Gasteiger partial charge in [-0.15, -0.1) is 0 Å². The third kappa shape index (κ3) is 9.33. The number of amides is 4. The molecule has 2 atom stereocenters. The van der Waals surface area contributed by atoms with E-state index >= 15 is 0 Å². The van der Waals surface area contributed by atoms with Gasteiger partial charge < -0.3 is 26.0 Å². The first-order valence-electron chi connectivity index (χ1n) is 13.7. The molecule has 9 heteroatoms. The maximum absolute atomic E-state index is 14.1. The number of nitrogens with two attached hydrogens (primary N) is 1. The van der Waals surface area contributed by atoms with Crippen molar-refractivity contribution in [2.75, 3.05) is 0 Å². The number of hydrogen-bond donors (Lipinski definition) is 3. The molecule has 0 saturated heterocycles. The van der Waals surface area contributed by atoms with Crippen molar-refractivity contribution in [3.05, 3.63) is 34.9 Å². The molecule has 2 rings (SSSR count). The molecule has 1 aliphatic carbocycles. The monoisotopic (exact) mass is 530 g/mol. The highest BCUT2D eigenvalue weighted by Gasteiger charge is 2.39. The second-order valence-corrected chi connectivity index (χ2v) is 11.6. The van der Waals surface area contributed by atoms with E-state index in [1.165, 1.54) is 4.90 Å². The van der Waals surface area contributed by atoms with E-state index in [-0.39, 0.29) is 30.8 Å². The molecule has 9 nitrogen and oxygen atoms in total. The van der Waals surface area contributed by atoms with E-state index in [0.717, 1.165) is 48.8 Å². The second kappa shape index (κ2) is 13.6. The predicted molar refractivity (Wildman–Crippen MR) is 147 cm³/mol. The molecule has 1 fully saturated rings. The normalized spacial score (nSPS) is 15.9. The van der Waals surface area contributed by atoms with Crippen molar-refractivity contribution in [1.82, 2.24) is 15.5 Å². The number of aryl methyl sites for hydroxylation is 2. The van der Waals surface area contributed by atoms with Gasteiger partial charge in [0.1, 0.15) is 17.7 Å². The van der Waals surface area contributed by atoms with Gasteiger partial charge in [0.25, 0.3) is 0 Å². The number of benzene rings is 1. The van der Waals surface area contributed by atoms with Gasteiger partial charge in [-0.2, -0.15) is 0 Å². The number of carbonyl (C=O) groups is 4. The van der Waals surface area contributed by atoms with E-state index in [0.29, 0.717) is 0 Å². The van der Waals surface area contributed by atoms with Crippen molar-refractivity contribution >= 4 is 23.8 Å². The fourth-order valence-electron chi connectivity index (χ4n) is 4.85. The highest BCUT2D eigenvalue weighted by molar-refractivity contribution is 5.93. The maximum Gasteiger partial charge on any atom is 0.408 e. The summed E-state index contributed by atoms with van der Waals surface area (Å²) in [5.41, 5.74) is 7.18. The first-order valence-corrected chi connectivity index (χ1v) is 13.7. The smallest absolute Gasteiger partial charge is 0.408 e. The van der Waals surface area contributed by atoms with Crippen molar-refractivity contribution in [2.24, 2.45) is 5.73 Å². The van der Waals surface area contributed by atoms with Crippen LogP contribution in [0.4, 0.5) is 4.79 Å². The number of alkyl carbamates (subject to hydrolysis) is 1. The molecule has 0 aromatic heterocycles. The number of primary amides is 1. The molecule has 1 aliphatic rings. The Kier molecular flexibility index (Phi) is 11.2. The van der Waals surface area contributed by atoms with Crippen molar-refractivity contribution in [1.29, 1.82) is 0 Å². The lowest BCUT2D eigenvalue weighted by Gasteiger charge is -2.38. The molecule has 0 heterocycles. The van der Waals surface area contributed by atoms with E-state index in [9.17, 15) is 19.2 Å². The van der Waals surface area contributed by atoms with Crippen molar-refractivity contribution in [3.8, 4) is 0 Å². The van der Waals surface area contributed by atoms with E-state index < -0.39 is 35.6 Å². The van der Waals surface area contributed by atoms with Crippen LogP contribution in [0.15, 0.2) is 18.2 Å². The third-order valence-corrected chi connectivity index (χ3v) is 6.69. The number of nitrogens with one attached hydrogen (secondary N) is 2. The van der Waals surface area contributed by atoms with E-state index in [1.807, 2.05) is 45.9 Å². The van der Waals surface area contributed by atoms with E-state index in [2.05, 4.69) is 10.6 Å². The molecule has 1 saturated carbocycles. The molecular weight excluding hydrogens is 484 g/mol. The van der Waals surface area contributed by atoms with Crippen molar-refractivity contribution < 1.29 is 23.9 Å². The van der Waals surface area contributed by atoms with Gasteiger partial charge in [-0.25, -0.2) is 4.79 Å². The van der Waals surface area contributed by atoms with Crippen LogP contribution in [0.25, 0.3) is 0 Å². The summed E-state index contributed by atoms with van der Waals surface area (Å²) in [5.74, 6) is -1.32. The Labute approximate surface area is 227 Å².